The van der Waals surface area contributed by atoms with Gasteiger partial charge in [-0.15, -0.1) is 0 Å². The van der Waals surface area contributed by atoms with E-state index < -0.39 is 0 Å². The summed E-state index contributed by atoms with van der Waals surface area (Å²) in [7, 11) is 0. The zero-order valence-corrected chi connectivity index (χ0v) is 12.5. The third kappa shape index (κ3) is 3.03. The van der Waals surface area contributed by atoms with Gasteiger partial charge < -0.3 is 4.74 Å². The maximum Gasteiger partial charge on any atom is 0.233 e. The van der Waals surface area contributed by atoms with Crippen molar-refractivity contribution in [3.63, 3.8) is 0 Å². The van der Waals surface area contributed by atoms with Gasteiger partial charge in [-0.2, -0.15) is 0 Å². The SMILES string of the molecule is CCc1cc(Oc2ncc(C)cc2Br)ccc1Cl. The van der Waals surface area contributed by atoms with Crippen LogP contribution in [0.3, 0.4) is 0 Å². The second kappa shape index (κ2) is 5.72. The molecule has 0 saturated heterocycles. The Bertz CT molecular complexity index is 572. The molecular formula is C14H13BrClNO. The number of hydrogen-bond donors (Lipinski definition) is 0. The predicted octanol–water partition coefficient (Wildman–Crippen LogP) is 5.16. The van der Waals surface area contributed by atoms with Gasteiger partial charge >= 0.3 is 0 Å². The molecule has 94 valence electrons. The van der Waals surface area contributed by atoms with E-state index in [1.54, 1.807) is 6.20 Å². The van der Waals surface area contributed by atoms with Crippen molar-refractivity contribution in [1.82, 2.24) is 4.98 Å². The Balaban J connectivity index is 2.28. The average Bonchev–Trinajstić information content (AvgIpc) is 2.35. The number of halogens is 2. The summed E-state index contributed by atoms with van der Waals surface area (Å²) in [5, 5.41) is 0.765. The number of aryl methyl sites for hydroxylation is 2. The van der Waals surface area contributed by atoms with Crippen LogP contribution in [-0.2, 0) is 6.42 Å². The van der Waals surface area contributed by atoms with Crippen LogP contribution >= 0.6 is 27.5 Å². The molecule has 2 aromatic rings. The van der Waals surface area contributed by atoms with Gasteiger partial charge in [-0.1, -0.05) is 18.5 Å². The van der Waals surface area contributed by atoms with Crippen LogP contribution in [-0.4, -0.2) is 4.98 Å². The van der Waals surface area contributed by atoms with E-state index in [9.17, 15) is 0 Å². The fourth-order valence-corrected chi connectivity index (χ4v) is 2.39. The highest BCUT2D eigenvalue weighted by molar-refractivity contribution is 9.10. The molecule has 1 aromatic carbocycles. The molecule has 0 unspecified atom stereocenters. The molecule has 0 bridgehead atoms. The Morgan fingerprint density at radius 2 is 2.11 bits per heavy atom. The topological polar surface area (TPSA) is 22.1 Å². The average molecular weight is 327 g/mol. The first kappa shape index (κ1) is 13.4. The van der Waals surface area contributed by atoms with Crippen LogP contribution in [0, 0.1) is 6.92 Å². The van der Waals surface area contributed by atoms with Gasteiger partial charge in [-0.05, 0) is 64.7 Å². The molecule has 2 rings (SSSR count). The van der Waals surface area contributed by atoms with Crippen molar-refractivity contribution >= 4 is 27.5 Å². The Hall–Kier alpha value is -1.06. The number of ether oxygens (including phenoxy) is 1. The van der Waals surface area contributed by atoms with E-state index in [1.807, 2.05) is 31.2 Å². The highest BCUT2D eigenvalue weighted by atomic mass is 79.9. The van der Waals surface area contributed by atoms with Crippen molar-refractivity contribution in [1.29, 1.82) is 0 Å². The van der Waals surface area contributed by atoms with Crippen molar-refractivity contribution < 1.29 is 4.74 Å². The number of nitrogens with zero attached hydrogens (tertiary/aromatic N) is 1. The second-order valence-corrected chi connectivity index (χ2v) is 5.27. The number of aromatic nitrogens is 1. The van der Waals surface area contributed by atoms with E-state index in [1.165, 1.54) is 0 Å². The van der Waals surface area contributed by atoms with Crippen LogP contribution < -0.4 is 4.74 Å². The van der Waals surface area contributed by atoms with Crippen molar-refractivity contribution in [2.75, 3.05) is 0 Å². The van der Waals surface area contributed by atoms with Crippen molar-refractivity contribution in [3.05, 3.63) is 51.1 Å². The van der Waals surface area contributed by atoms with Gasteiger partial charge in [0.05, 0.1) is 4.47 Å². The summed E-state index contributed by atoms with van der Waals surface area (Å²) in [6.07, 6.45) is 2.65. The van der Waals surface area contributed by atoms with E-state index in [0.717, 1.165) is 32.8 Å². The largest absolute Gasteiger partial charge is 0.438 e. The molecule has 0 aliphatic heterocycles. The van der Waals surface area contributed by atoms with Gasteiger partial charge in [-0.25, -0.2) is 4.98 Å². The quantitative estimate of drug-likeness (QED) is 0.777. The Kier molecular flexibility index (Phi) is 4.25. The number of benzene rings is 1. The van der Waals surface area contributed by atoms with Crippen LogP contribution in [0.15, 0.2) is 34.9 Å². The van der Waals surface area contributed by atoms with Gasteiger partial charge in [0.15, 0.2) is 0 Å². The predicted molar refractivity (Wildman–Crippen MR) is 77.6 cm³/mol. The molecular weight excluding hydrogens is 314 g/mol. The molecule has 4 heteroatoms. The molecule has 0 aliphatic rings. The van der Waals surface area contributed by atoms with Crippen molar-refractivity contribution in [2.24, 2.45) is 0 Å². The maximum absolute atomic E-state index is 6.07. The summed E-state index contributed by atoms with van der Waals surface area (Å²) in [6, 6.07) is 7.60. The molecule has 0 atom stereocenters. The van der Waals surface area contributed by atoms with Crippen molar-refractivity contribution in [2.45, 2.75) is 20.3 Å². The lowest BCUT2D eigenvalue weighted by Gasteiger charge is -2.09. The third-order valence-corrected chi connectivity index (χ3v) is 3.49. The van der Waals surface area contributed by atoms with Gasteiger partial charge in [0, 0.05) is 11.2 Å². The molecule has 0 N–H and O–H groups in total. The summed E-state index contributed by atoms with van der Waals surface area (Å²) < 4.78 is 6.59. The minimum atomic E-state index is 0.560. The Morgan fingerprint density at radius 1 is 1.33 bits per heavy atom. The molecule has 0 fully saturated rings. The fraction of sp³-hybridized carbons (Fsp3) is 0.214. The minimum absolute atomic E-state index is 0.560. The lowest BCUT2D eigenvalue weighted by Crippen LogP contribution is -1.91. The first-order valence-corrected chi connectivity index (χ1v) is 6.85. The van der Waals surface area contributed by atoms with Gasteiger partial charge in [0.25, 0.3) is 0 Å². The molecule has 1 heterocycles. The lowest BCUT2D eigenvalue weighted by molar-refractivity contribution is 0.459. The maximum atomic E-state index is 6.07. The molecule has 0 radical (unpaired) electrons. The van der Waals surface area contributed by atoms with Gasteiger partial charge in [0.2, 0.25) is 5.88 Å². The molecule has 18 heavy (non-hydrogen) atoms. The van der Waals surface area contributed by atoms with E-state index >= 15 is 0 Å². The highest BCUT2D eigenvalue weighted by Gasteiger charge is 2.06. The minimum Gasteiger partial charge on any atom is -0.438 e. The fourth-order valence-electron chi connectivity index (χ4n) is 1.59. The van der Waals surface area contributed by atoms with Crippen LogP contribution in [0.2, 0.25) is 5.02 Å². The second-order valence-electron chi connectivity index (χ2n) is 4.01. The molecule has 0 amide bonds. The standard InChI is InChI=1S/C14H13BrClNO/c1-3-10-7-11(4-5-13(10)16)18-14-12(15)6-9(2)8-17-14/h4-8H,3H2,1-2H3. The summed E-state index contributed by atoms with van der Waals surface area (Å²) in [4.78, 5) is 4.25. The van der Waals surface area contributed by atoms with E-state index in [-0.39, 0.29) is 0 Å². The molecule has 0 spiro atoms. The Labute approximate surface area is 120 Å². The van der Waals surface area contributed by atoms with Crippen LogP contribution in [0.1, 0.15) is 18.1 Å². The summed E-state index contributed by atoms with van der Waals surface area (Å²) in [6.45, 7) is 4.05. The van der Waals surface area contributed by atoms with Gasteiger partial charge in [0.1, 0.15) is 5.75 Å². The molecule has 0 aliphatic carbocycles. The zero-order valence-electron chi connectivity index (χ0n) is 10.2. The zero-order chi connectivity index (χ0) is 13.1. The lowest BCUT2D eigenvalue weighted by atomic mass is 10.1. The monoisotopic (exact) mass is 325 g/mol. The number of hydrogen-bond acceptors (Lipinski definition) is 2. The molecule has 1 aromatic heterocycles. The van der Waals surface area contributed by atoms with E-state index in [4.69, 9.17) is 16.3 Å². The Morgan fingerprint density at radius 3 is 2.78 bits per heavy atom. The van der Waals surface area contributed by atoms with Gasteiger partial charge in [-0.3, -0.25) is 0 Å². The first-order valence-electron chi connectivity index (χ1n) is 5.68. The molecule has 0 saturated carbocycles. The number of pyridine rings is 1. The highest BCUT2D eigenvalue weighted by Crippen LogP contribution is 2.30. The van der Waals surface area contributed by atoms with Crippen molar-refractivity contribution in [3.8, 4) is 11.6 Å². The first-order chi connectivity index (χ1) is 8.60. The number of rotatable bonds is 3. The van der Waals surface area contributed by atoms with Crippen LogP contribution in [0.25, 0.3) is 0 Å². The molecule has 2 nitrogen and oxygen atoms in total. The summed E-state index contributed by atoms with van der Waals surface area (Å²) in [5.74, 6) is 1.30. The third-order valence-electron chi connectivity index (χ3n) is 2.56. The van der Waals surface area contributed by atoms with Crippen LogP contribution in [0.4, 0.5) is 0 Å². The van der Waals surface area contributed by atoms with Crippen LogP contribution in [0.5, 0.6) is 11.6 Å². The smallest absolute Gasteiger partial charge is 0.233 e. The normalized spacial score (nSPS) is 10.4. The van der Waals surface area contributed by atoms with E-state index in [0.29, 0.717) is 5.88 Å². The summed E-state index contributed by atoms with van der Waals surface area (Å²) in [5.41, 5.74) is 2.15. The van der Waals surface area contributed by atoms with E-state index in [2.05, 4.69) is 27.8 Å². The summed E-state index contributed by atoms with van der Waals surface area (Å²) >= 11 is 9.51.